The summed E-state index contributed by atoms with van der Waals surface area (Å²) in [6.45, 7) is 19.9. The van der Waals surface area contributed by atoms with Gasteiger partial charge in [0.15, 0.2) is 0 Å². The van der Waals surface area contributed by atoms with E-state index in [4.69, 9.17) is 4.74 Å². The van der Waals surface area contributed by atoms with Crippen LogP contribution in [-0.2, 0) is 75.1 Å². The van der Waals surface area contributed by atoms with E-state index in [9.17, 15) is 62.6 Å². The highest BCUT2D eigenvalue weighted by atomic mass is 16.5. The SMILES string of the molecule is CC(C)C[C@H]1C(=O)N[C@@H](Cc2ccc(O)cc2)C(=O)NCC(=O)N(C)[C@@H](C)C(=O)N(C)[C@@H](CC(C)C)C(=O)N[C@@H](COC(C)(C)C)C(=O)N(C)[C@@H](C(C)C)C(=O)N[C@H](C(=O)N2CCCCC2)CC(=O)N(C)CC(=O)N(C)[C@@H](Cc2ccccc2)C(=O)N[C@@H](C(C)C)C(=O)N1C. The minimum absolute atomic E-state index is 0.0392. The van der Waals surface area contributed by atoms with E-state index in [0.29, 0.717) is 37.1 Å². The quantitative estimate of drug-likeness (QED) is 0.168. The Balaban J connectivity index is 1.89. The van der Waals surface area contributed by atoms with Crippen molar-refractivity contribution in [2.45, 2.75) is 194 Å². The van der Waals surface area contributed by atoms with Gasteiger partial charge in [0.1, 0.15) is 60.1 Å². The number of nitrogens with one attached hydrogen (secondary N) is 5. The van der Waals surface area contributed by atoms with Crippen LogP contribution in [0.3, 0.4) is 0 Å². The van der Waals surface area contributed by atoms with Crippen LogP contribution in [0.2, 0.25) is 0 Å². The van der Waals surface area contributed by atoms with Crippen molar-refractivity contribution in [1.82, 2.24) is 60.9 Å². The zero-order valence-electron chi connectivity index (χ0n) is 59.3. The Hall–Kier alpha value is -8.16. The number of likely N-dealkylation sites (tertiary alicyclic amines) is 1. The number of aromatic hydroxyl groups is 1. The van der Waals surface area contributed by atoms with Gasteiger partial charge in [0.05, 0.1) is 31.7 Å². The van der Waals surface area contributed by atoms with Gasteiger partial charge in [-0.1, -0.05) is 97.9 Å². The number of likely N-dealkylation sites (N-methyl/N-ethyl adjacent to an activating group) is 6. The first-order chi connectivity index (χ1) is 44.3. The molecule has 26 heteroatoms. The van der Waals surface area contributed by atoms with Crippen molar-refractivity contribution in [2.75, 3.05) is 75.1 Å². The maximum atomic E-state index is 15.0. The lowest BCUT2D eigenvalue weighted by atomic mass is 9.97. The fraction of sp³-hybridized carbons (Fsp3) is 0.652. The van der Waals surface area contributed by atoms with E-state index < -0.39 is 162 Å². The molecule has 9 atom stereocenters. The molecular formula is C69H108N12O14. The smallest absolute Gasteiger partial charge is 0.247 e. The summed E-state index contributed by atoms with van der Waals surface area (Å²) in [6.07, 6.45) is 1.60. The summed E-state index contributed by atoms with van der Waals surface area (Å²) in [7, 11) is 8.27. The number of piperidine rings is 1. The number of carbonyl (C=O) groups excluding carboxylic acids is 12. The minimum Gasteiger partial charge on any atom is -0.508 e. The van der Waals surface area contributed by atoms with Crippen LogP contribution in [0, 0.1) is 23.7 Å². The summed E-state index contributed by atoms with van der Waals surface area (Å²) in [5.41, 5.74) is 0.320. The number of hydrogen-bond acceptors (Lipinski definition) is 14. The van der Waals surface area contributed by atoms with Crippen molar-refractivity contribution >= 4 is 70.9 Å². The number of rotatable bonds is 13. The van der Waals surface area contributed by atoms with E-state index in [2.05, 4.69) is 26.6 Å². The maximum Gasteiger partial charge on any atom is 0.247 e. The van der Waals surface area contributed by atoms with Gasteiger partial charge < -0.3 is 70.7 Å². The van der Waals surface area contributed by atoms with Gasteiger partial charge in [0.25, 0.3) is 0 Å². The van der Waals surface area contributed by atoms with Crippen molar-refractivity contribution in [3.8, 4) is 5.75 Å². The van der Waals surface area contributed by atoms with E-state index in [-0.39, 0.29) is 49.9 Å². The second-order valence-electron chi connectivity index (χ2n) is 28.0. The molecule has 4 rings (SSSR count). The third-order valence-electron chi connectivity index (χ3n) is 17.5. The van der Waals surface area contributed by atoms with E-state index in [1.807, 2.05) is 27.7 Å². The Labute approximate surface area is 561 Å². The second-order valence-corrected chi connectivity index (χ2v) is 28.0. The number of phenolic OH excluding ortho intramolecular Hbond substituents is 1. The Morgan fingerprint density at radius 2 is 1.07 bits per heavy atom. The molecule has 0 aromatic heterocycles. The largest absolute Gasteiger partial charge is 0.508 e. The second kappa shape index (κ2) is 36.1. The number of nitrogens with zero attached hydrogens (tertiary/aromatic N) is 7. The third kappa shape index (κ3) is 23.3. The van der Waals surface area contributed by atoms with E-state index in [0.717, 1.165) is 21.1 Å². The summed E-state index contributed by atoms with van der Waals surface area (Å²) < 4.78 is 6.12. The topological polar surface area (TPSA) is 317 Å². The molecule has 12 amide bonds. The summed E-state index contributed by atoms with van der Waals surface area (Å²) in [5, 5.41) is 24.0. The first kappa shape index (κ1) is 79.3. The van der Waals surface area contributed by atoms with Crippen LogP contribution in [-0.4, -0.2) is 245 Å². The number of ether oxygens (including phenoxy) is 1. The maximum absolute atomic E-state index is 15.0. The Bertz CT molecular complexity index is 2980. The molecule has 0 spiro atoms. The first-order valence-electron chi connectivity index (χ1n) is 33.1. The molecule has 0 saturated carbocycles. The van der Waals surface area contributed by atoms with Crippen molar-refractivity contribution in [2.24, 2.45) is 23.7 Å². The van der Waals surface area contributed by atoms with Gasteiger partial charge in [-0.25, -0.2) is 0 Å². The normalized spacial score (nSPS) is 24.7. The van der Waals surface area contributed by atoms with Crippen LogP contribution in [0.5, 0.6) is 5.75 Å². The number of benzene rings is 2. The fourth-order valence-corrected chi connectivity index (χ4v) is 11.5. The molecule has 95 heavy (non-hydrogen) atoms. The number of carbonyl (C=O) groups is 12. The highest BCUT2D eigenvalue weighted by Gasteiger charge is 2.42. The zero-order valence-corrected chi connectivity index (χ0v) is 59.3. The summed E-state index contributed by atoms with van der Waals surface area (Å²) >= 11 is 0. The lowest BCUT2D eigenvalue weighted by Gasteiger charge is -2.37. The van der Waals surface area contributed by atoms with Gasteiger partial charge in [-0.3, -0.25) is 57.5 Å². The number of amides is 12. The molecule has 0 radical (unpaired) electrons. The van der Waals surface area contributed by atoms with Gasteiger partial charge in [-0.15, -0.1) is 0 Å². The zero-order chi connectivity index (χ0) is 71.5. The van der Waals surface area contributed by atoms with Crippen LogP contribution in [0.4, 0.5) is 0 Å². The summed E-state index contributed by atoms with van der Waals surface area (Å²) in [4.78, 5) is 184. The summed E-state index contributed by atoms with van der Waals surface area (Å²) in [6, 6.07) is 2.87. The molecule has 2 aliphatic heterocycles. The van der Waals surface area contributed by atoms with Crippen LogP contribution in [0.1, 0.15) is 133 Å². The van der Waals surface area contributed by atoms with Gasteiger partial charge in [0.2, 0.25) is 70.9 Å². The predicted molar refractivity (Wildman–Crippen MR) is 358 cm³/mol. The molecule has 6 N–H and O–H groups in total. The van der Waals surface area contributed by atoms with E-state index in [1.54, 1.807) is 95.8 Å². The van der Waals surface area contributed by atoms with E-state index >= 15 is 0 Å². The van der Waals surface area contributed by atoms with Gasteiger partial charge in [-0.2, -0.15) is 0 Å². The molecule has 26 nitrogen and oxygen atoms in total. The minimum atomic E-state index is -1.48. The van der Waals surface area contributed by atoms with Crippen LogP contribution < -0.4 is 26.6 Å². The Morgan fingerprint density at radius 3 is 1.60 bits per heavy atom. The summed E-state index contributed by atoms with van der Waals surface area (Å²) in [5.74, 6) is -10.3. The average Bonchev–Trinajstić information content (AvgIpc) is 0.849. The molecule has 0 aliphatic carbocycles. The lowest BCUT2D eigenvalue weighted by Crippen LogP contribution is -2.62. The van der Waals surface area contributed by atoms with Crippen LogP contribution >= 0.6 is 0 Å². The van der Waals surface area contributed by atoms with Crippen molar-refractivity contribution in [1.29, 1.82) is 0 Å². The molecule has 0 unspecified atom stereocenters. The van der Waals surface area contributed by atoms with Crippen molar-refractivity contribution < 1.29 is 67.4 Å². The fourth-order valence-electron chi connectivity index (χ4n) is 11.5. The van der Waals surface area contributed by atoms with E-state index in [1.165, 1.54) is 76.0 Å². The first-order valence-corrected chi connectivity index (χ1v) is 33.1. The van der Waals surface area contributed by atoms with Gasteiger partial charge in [-0.05, 0) is 107 Å². The molecule has 2 aliphatic rings. The molecule has 2 aromatic carbocycles. The predicted octanol–water partition coefficient (Wildman–Crippen LogP) is 2.48. The highest BCUT2D eigenvalue weighted by Crippen LogP contribution is 2.22. The number of phenols is 1. The molecule has 2 fully saturated rings. The standard InChI is InChI=1S/C69H108N12O14/c1-41(2)33-52-62(88)73-51(40-95-69(10,11)12)66(92)80(18)59(44(7)8)64(90)72-50(67(93)81-31-23-20-24-32-81)37-55(83)75(13)39-57(85)77(15)54(36-46-25-21-19-22-26-46)63(89)74-58(43(5)6)68(94)79(17)53(34-42(3)4)61(87)71-49(35-47-27-29-48(82)30-28-47)60(86)70-38-56(84)76(14)45(9)65(91)78(52)16/h19,21-22,25-30,41-45,49-54,58-59,82H,20,23-24,31-40H2,1-18H3,(H,70,86)(H,71,87)(H,72,90)(H,73,88)(H,74,89)/t45-,49-,50-,51-,52-,53-,54-,58-,59-/m0/s1. The van der Waals surface area contributed by atoms with Crippen molar-refractivity contribution in [3.05, 3.63) is 65.7 Å². The van der Waals surface area contributed by atoms with Gasteiger partial charge >= 0.3 is 0 Å². The lowest BCUT2D eigenvalue weighted by molar-refractivity contribution is -0.150. The van der Waals surface area contributed by atoms with Crippen LogP contribution in [0.15, 0.2) is 54.6 Å². The average molecular weight is 1330 g/mol. The molecule has 0 bridgehead atoms. The third-order valence-corrected chi connectivity index (χ3v) is 17.5. The molecular weight excluding hydrogens is 1220 g/mol. The van der Waals surface area contributed by atoms with Crippen molar-refractivity contribution in [3.63, 3.8) is 0 Å². The molecule has 2 heterocycles. The van der Waals surface area contributed by atoms with Gasteiger partial charge in [0, 0.05) is 68.2 Å². The van der Waals surface area contributed by atoms with Crippen LogP contribution in [0.25, 0.3) is 0 Å². The molecule has 2 saturated heterocycles. The number of hydrogen-bond donors (Lipinski definition) is 6. The highest BCUT2D eigenvalue weighted by molar-refractivity contribution is 6.00. The Morgan fingerprint density at radius 1 is 0.547 bits per heavy atom. The monoisotopic (exact) mass is 1330 g/mol. The Kier molecular flexibility index (Phi) is 30.1. The molecule has 528 valence electrons. The molecule has 2 aromatic rings.